The molecule has 5 nitrogen and oxygen atoms in total. The van der Waals surface area contributed by atoms with Gasteiger partial charge in [-0.15, -0.1) is 0 Å². The molecule has 1 saturated carbocycles. The molecule has 2 heterocycles. The minimum atomic E-state index is -3.25. The Kier molecular flexibility index (Phi) is 2.20. The molecule has 0 spiro atoms. The molecule has 1 aliphatic carbocycles. The summed E-state index contributed by atoms with van der Waals surface area (Å²) in [6.07, 6.45) is 6.03. The maximum atomic E-state index is 12.2. The average Bonchev–Trinajstić information content (AvgIpc) is 2.94. The lowest BCUT2D eigenvalue weighted by Crippen LogP contribution is -2.25. The topological polar surface area (TPSA) is 64.0 Å². The van der Waals surface area contributed by atoms with E-state index in [0.717, 1.165) is 50.0 Å². The first-order valence-corrected chi connectivity index (χ1v) is 7.25. The summed E-state index contributed by atoms with van der Waals surface area (Å²) in [5, 5.41) is 7.08. The smallest absolute Gasteiger partial charge is 0.256 e. The fourth-order valence-electron chi connectivity index (χ4n) is 2.50. The second-order valence-corrected chi connectivity index (χ2v) is 6.56. The van der Waals surface area contributed by atoms with Crippen molar-refractivity contribution in [3.05, 3.63) is 11.9 Å². The van der Waals surface area contributed by atoms with E-state index in [4.69, 9.17) is 0 Å². The van der Waals surface area contributed by atoms with Gasteiger partial charge in [-0.1, -0.05) is 12.8 Å². The van der Waals surface area contributed by atoms with Gasteiger partial charge in [0, 0.05) is 13.0 Å². The van der Waals surface area contributed by atoms with Gasteiger partial charge in [-0.25, -0.2) is 8.42 Å². The standard InChI is InChI=1S/C10H15N3O2S/c14-16(15,8-3-1-2-4-8)13-7-10-9(12-13)5-6-11-10/h7-8,11H,1-6H2. The van der Waals surface area contributed by atoms with Crippen LogP contribution in [0.1, 0.15) is 31.4 Å². The van der Waals surface area contributed by atoms with Crippen LogP contribution in [0.25, 0.3) is 0 Å². The SMILES string of the molecule is O=S(=O)(C1CCCC1)n1cc2c(n1)CCN2. The molecular formula is C10H15N3O2S. The van der Waals surface area contributed by atoms with E-state index in [0.29, 0.717) is 0 Å². The number of nitrogens with zero attached hydrogens (tertiary/aromatic N) is 2. The lowest BCUT2D eigenvalue weighted by atomic mass is 10.4. The van der Waals surface area contributed by atoms with E-state index >= 15 is 0 Å². The van der Waals surface area contributed by atoms with Crippen LogP contribution in [0, 0.1) is 0 Å². The van der Waals surface area contributed by atoms with Gasteiger partial charge in [0.05, 0.1) is 22.8 Å². The first kappa shape index (κ1) is 10.1. The lowest BCUT2D eigenvalue weighted by Gasteiger charge is -2.10. The average molecular weight is 241 g/mol. The summed E-state index contributed by atoms with van der Waals surface area (Å²) in [4.78, 5) is 0. The molecule has 0 bridgehead atoms. The Bertz CT molecular complexity index is 479. The molecule has 0 unspecified atom stereocenters. The van der Waals surface area contributed by atoms with Crippen molar-refractivity contribution >= 4 is 15.7 Å². The molecular weight excluding hydrogens is 226 g/mol. The molecule has 0 atom stereocenters. The summed E-state index contributed by atoms with van der Waals surface area (Å²) in [7, 11) is -3.25. The van der Waals surface area contributed by atoms with E-state index in [1.54, 1.807) is 6.20 Å². The van der Waals surface area contributed by atoms with Crippen LogP contribution in [0.15, 0.2) is 6.20 Å². The second-order valence-electron chi connectivity index (χ2n) is 4.49. The van der Waals surface area contributed by atoms with Crippen molar-refractivity contribution in [1.82, 2.24) is 9.19 Å². The van der Waals surface area contributed by atoms with Crippen molar-refractivity contribution in [3.8, 4) is 0 Å². The minimum absolute atomic E-state index is 0.229. The monoisotopic (exact) mass is 241 g/mol. The molecule has 0 amide bonds. The third kappa shape index (κ3) is 1.43. The molecule has 2 aliphatic rings. The maximum absolute atomic E-state index is 12.2. The number of rotatable bonds is 2. The van der Waals surface area contributed by atoms with Gasteiger partial charge in [0.15, 0.2) is 0 Å². The Hall–Kier alpha value is -1.04. The highest BCUT2D eigenvalue weighted by molar-refractivity contribution is 7.90. The van der Waals surface area contributed by atoms with Gasteiger partial charge in [-0.05, 0) is 12.8 Å². The van der Waals surface area contributed by atoms with Crippen LogP contribution < -0.4 is 5.32 Å². The molecule has 6 heteroatoms. The van der Waals surface area contributed by atoms with Crippen molar-refractivity contribution in [2.24, 2.45) is 0 Å². The Morgan fingerprint density at radius 3 is 2.81 bits per heavy atom. The molecule has 88 valence electrons. The summed E-state index contributed by atoms with van der Waals surface area (Å²) < 4.78 is 25.6. The molecule has 1 N–H and O–H groups in total. The fraction of sp³-hybridized carbons (Fsp3) is 0.700. The summed E-state index contributed by atoms with van der Waals surface area (Å²) in [5.74, 6) is 0. The number of fused-ring (bicyclic) bond motifs is 1. The van der Waals surface area contributed by atoms with Crippen molar-refractivity contribution in [1.29, 1.82) is 0 Å². The Morgan fingerprint density at radius 2 is 2.12 bits per heavy atom. The highest BCUT2D eigenvalue weighted by Crippen LogP contribution is 2.28. The van der Waals surface area contributed by atoms with Crippen LogP contribution in [0.3, 0.4) is 0 Å². The molecule has 0 radical (unpaired) electrons. The molecule has 3 rings (SSSR count). The zero-order valence-corrected chi connectivity index (χ0v) is 9.83. The lowest BCUT2D eigenvalue weighted by molar-refractivity contribution is 0.562. The van der Waals surface area contributed by atoms with Crippen LogP contribution in [-0.2, 0) is 16.4 Å². The summed E-state index contributed by atoms with van der Waals surface area (Å²) >= 11 is 0. The zero-order valence-electron chi connectivity index (χ0n) is 9.02. The van der Waals surface area contributed by atoms with Crippen molar-refractivity contribution in [2.75, 3.05) is 11.9 Å². The van der Waals surface area contributed by atoms with E-state index in [1.165, 1.54) is 4.09 Å². The molecule has 0 aromatic carbocycles. The first-order valence-electron chi connectivity index (χ1n) is 5.75. The zero-order chi connectivity index (χ0) is 11.2. The van der Waals surface area contributed by atoms with E-state index in [-0.39, 0.29) is 5.25 Å². The highest BCUT2D eigenvalue weighted by Gasteiger charge is 2.32. The van der Waals surface area contributed by atoms with Crippen molar-refractivity contribution in [2.45, 2.75) is 37.4 Å². The second kappa shape index (κ2) is 3.48. The third-order valence-corrected chi connectivity index (χ3v) is 5.45. The summed E-state index contributed by atoms with van der Waals surface area (Å²) in [6.45, 7) is 0.863. The normalized spacial score (nSPS) is 21.0. The molecule has 1 aromatic rings. The predicted molar refractivity (Wildman–Crippen MR) is 61.0 cm³/mol. The van der Waals surface area contributed by atoms with Crippen LogP contribution in [-0.4, -0.2) is 29.4 Å². The van der Waals surface area contributed by atoms with Gasteiger partial charge in [0.2, 0.25) is 0 Å². The minimum Gasteiger partial charge on any atom is -0.382 e. The molecule has 0 saturated heterocycles. The number of anilines is 1. The van der Waals surface area contributed by atoms with E-state index < -0.39 is 10.0 Å². The van der Waals surface area contributed by atoms with Crippen LogP contribution in [0.5, 0.6) is 0 Å². The van der Waals surface area contributed by atoms with E-state index in [2.05, 4.69) is 10.4 Å². The number of aromatic nitrogens is 2. The van der Waals surface area contributed by atoms with E-state index in [1.807, 2.05) is 0 Å². The number of nitrogens with one attached hydrogen (secondary N) is 1. The van der Waals surface area contributed by atoms with Crippen LogP contribution >= 0.6 is 0 Å². The Balaban J connectivity index is 1.96. The Morgan fingerprint density at radius 1 is 1.38 bits per heavy atom. The number of hydrogen-bond donors (Lipinski definition) is 1. The van der Waals surface area contributed by atoms with Crippen LogP contribution in [0.4, 0.5) is 5.69 Å². The fourth-order valence-corrected chi connectivity index (χ4v) is 4.20. The maximum Gasteiger partial charge on any atom is 0.256 e. The van der Waals surface area contributed by atoms with Gasteiger partial charge >= 0.3 is 0 Å². The highest BCUT2D eigenvalue weighted by atomic mass is 32.2. The Labute approximate surface area is 94.9 Å². The quantitative estimate of drug-likeness (QED) is 0.838. The van der Waals surface area contributed by atoms with Crippen molar-refractivity contribution < 1.29 is 8.42 Å². The predicted octanol–water partition coefficient (Wildman–Crippen LogP) is 0.972. The van der Waals surface area contributed by atoms with Gasteiger partial charge in [0.1, 0.15) is 0 Å². The van der Waals surface area contributed by atoms with Gasteiger partial charge < -0.3 is 5.32 Å². The van der Waals surface area contributed by atoms with Gasteiger partial charge in [-0.2, -0.15) is 9.19 Å². The number of hydrogen-bond acceptors (Lipinski definition) is 4. The first-order chi connectivity index (χ1) is 7.68. The van der Waals surface area contributed by atoms with Gasteiger partial charge in [-0.3, -0.25) is 0 Å². The largest absolute Gasteiger partial charge is 0.382 e. The molecule has 1 fully saturated rings. The third-order valence-electron chi connectivity index (χ3n) is 3.43. The molecule has 16 heavy (non-hydrogen) atoms. The van der Waals surface area contributed by atoms with Crippen molar-refractivity contribution in [3.63, 3.8) is 0 Å². The molecule has 1 aliphatic heterocycles. The van der Waals surface area contributed by atoms with E-state index in [9.17, 15) is 8.42 Å². The summed E-state index contributed by atoms with van der Waals surface area (Å²) in [6, 6.07) is 0. The van der Waals surface area contributed by atoms with Crippen LogP contribution in [0.2, 0.25) is 0 Å². The van der Waals surface area contributed by atoms with Gasteiger partial charge in [0.25, 0.3) is 10.0 Å². The summed E-state index contributed by atoms with van der Waals surface area (Å²) in [5.41, 5.74) is 1.75. The molecule has 1 aromatic heterocycles.